The maximum Gasteiger partial charge on any atom is 0.253 e. The summed E-state index contributed by atoms with van der Waals surface area (Å²) in [5.41, 5.74) is 10.00. The normalized spacial score (nSPS) is 10.3. The van der Waals surface area contributed by atoms with Gasteiger partial charge in [-0.25, -0.2) is 9.97 Å². The largest absolute Gasteiger partial charge is 0.441 e. The van der Waals surface area contributed by atoms with E-state index in [1.165, 1.54) is 5.56 Å². The lowest BCUT2D eigenvalue weighted by Gasteiger charge is -2.14. The molecule has 9 nitrogen and oxygen atoms in total. The van der Waals surface area contributed by atoms with Gasteiger partial charge in [0.05, 0.1) is 11.8 Å². The highest BCUT2D eigenvalue weighted by atomic mass is 16.4. The van der Waals surface area contributed by atoms with Gasteiger partial charge in [-0.1, -0.05) is 30.3 Å². The summed E-state index contributed by atoms with van der Waals surface area (Å²) in [5.74, 6) is 1.64. The average Bonchev–Trinajstić information content (AvgIpc) is 3.26. The van der Waals surface area contributed by atoms with E-state index in [9.17, 15) is 4.79 Å². The number of aliphatic hydroxyl groups is 1. The van der Waals surface area contributed by atoms with Crippen LogP contribution in [0.25, 0.3) is 11.5 Å². The van der Waals surface area contributed by atoms with Crippen LogP contribution in [-0.2, 0) is 6.42 Å². The molecule has 0 radical (unpaired) electrons. The fourth-order valence-electron chi connectivity index (χ4n) is 3.22. The van der Waals surface area contributed by atoms with Gasteiger partial charge in [-0.2, -0.15) is 4.98 Å². The quantitative estimate of drug-likeness (QED) is 0.382. The number of nitrogens with two attached hydrogens (primary N) is 1. The van der Waals surface area contributed by atoms with E-state index in [0.717, 1.165) is 17.7 Å². The highest BCUT2D eigenvalue weighted by Crippen LogP contribution is 2.25. The first-order valence-electron chi connectivity index (χ1n) is 11.1. The molecule has 0 aliphatic carbocycles. The number of nitrogen functional groups attached to an aromatic ring is 1. The van der Waals surface area contributed by atoms with E-state index in [-0.39, 0.29) is 18.3 Å². The number of hydrogen-bond donors (Lipinski definition) is 3. The number of nitrogens with one attached hydrogen (secondary N) is 1. The van der Waals surface area contributed by atoms with Gasteiger partial charge in [-0.3, -0.25) is 4.79 Å². The fourth-order valence-corrected chi connectivity index (χ4v) is 3.22. The predicted molar refractivity (Wildman–Crippen MR) is 136 cm³/mol. The zero-order valence-electron chi connectivity index (χ0n) is 20.3. The lowest BCUT2D eigenvalue weighted by molar-refractivity contribution is 0.0827. The van der Waals surface area contributed by atoms with Gasteiger partial charge in [-0.15, -0.1) is 0 Å². The van der Waals surface area contributed by atoms with Crippen LogP contribution in [0.1, 0.15) is 27.2 Å². The zero-order valence-corrected chi connectivity index (χ0v) is 20.3. The first kappa shape index (κ1) is 25.4. The minimum Gasteiger partial charge on any atom is -0.441 e. The summed E-state index contributed by atoms with van der Waals surface area (Å²) >= 11 is 0. The summed E-state index contributed by atoms with van der Waals surface area (Å²) in [6, 6.07) is 15.4. The van der Waals surface area contributed by atoms with Crippen molar-refractivity contribution in [1.82, 2.24) is 19.9 Å². The molecule has 0 spiro atoms. The summed E-state index contributed by atoms with van der Waals surface area (Å²) in [7, 11) is 3.45. The van der Waals surface area contributed by atoms with Crippen LogP contribution < -0.4 is 11.1 Å². The molecule has 9 heteroatoms. The van der Waals surface area contributed by atoms with E-state index in [0.29, 0.717) is 28.7 Å². The number of aromatic nitrogens is 3. The second kappa shape index (κ2) is 11.8. The number of hydrogen-bond acceptors (Lipinski definition) is 8. The molecule has 4 N–H and O–H groups in total. The maximum atomic E-state index is 12.1. The van der Waals surface area contributed by atoms with Crippen LogP contribution >= 0.6 is 0 Å². The number of benzene rings is 2. The molecule has 2 heterocycles. The van der Waals surface area contributed by atoms with Gasteiger partial charge in [0.15, 0.2) is 0 Å². The van der Waals surface area contributed by atoms with E-state index in [2.05, 4.69) is 20.3 Å². The Hall–Kier alpha value is -4.24. The Morgan fingerprint density at radius 3 is 2.40 bits per heavy atom. The van der Waals surface area contributed by atoms with Crippen LogP contribution in [0.3, 0.4) is 0 Å². The van der Waals surface area contributed by atoms with Crippen molar-refractivity contribution in [3.8, 4) is 11.5 Å². The molecule has 0 fully saturated rings. The van der Waals surface area contributed by atoms with Crippen molar-refractivity contribution in [3.63, 3.8) is 0 Å². The molecule has 0 saturated carbocycles. The molecule has 0 aliphatic rings. The molecule has 35 heavy (non-hydrogen) atoms. The summed E-state index contributed by atoms with van der Waals surface area (Å²) < 4.78 is 5.45. The van der Waals surface area contributed by atoms with Crippen molar-refractivity contribution in [3.05, 3.63) is 83.4 Å². The second-order valence-corrected chi connectivity index (χ2v) is 8.08. The van der Waals surface area contributed by atoms with Crippen molar-refractivity contribution in [2.75, 3.05) is 31.8 Å². The lowest BCUT2D eigenvalue weighted by atomic mass is 10.1. The number of oxazole rings is 1. The molecule has 0 atom stereocenters. The third-order valence-electron chi connectivity index (χ3n) is 5.03. The number of carbonyl (C=O) groups excluding carboxylic acids is 1. The Balaban J connectivity index is 0.000000320. The number of aryl methyl sites for hydroxylation is 2. The molecule has 4 rings (SSSR count). The molecule has 0 bridgehead atoms. The van der Waals surface area contributed by atoms with Crippen LogP contribution in [0.5, 0.6) is 0 Å². The Morgan fingerprint density at radius 2 is 1.83 bits per heavy atom. The Bertz CT molecular complexity index is 1270. The predicted octanol–water partition coefficient (Wildman–Crippen LogP) is 4.00. The summed E-state index contributed by atoms with van der Waals surface area (Å²) in [4.78, 5) is 26.3. The lowest BCUT2D eigenvalue weighted by Crippen LogP contribution is -2.22. The van der Waals surface area contributed by atoms with E-state index in [4.69, 9.17) is 15.3 Å². The highest BCUT2D eigenvalue weighted by Gasteiger charge is 2.14. The number of amides is 1. The molecule has 4 aromatic rings. The van der Waals surface area contributed by atoms with Gasteiger partial charge in [0.2, 0.25) is 11.8 Å². The van der Waals surface area contributed by atoms with Crippen LogP contribution in [-0.4, -0.2) is 51.6 Å². The molecule has 0 saturated heterocycles. The van der Waals surface area contributed by atoms with Gasteiger partial charge >= 0.3 is 0 Å². The van der Waals surface area contributed by atoms with Gasteiger partial charge in [-0.05, 0) is 49.6 Å². The Morgan fingerprint density at radius 1 is 1.09 bits per heavy atom. The van der Waals surface area contributed by atoms with Gasteiger partial charge in [0, 0.05) is 38.1 Å². The third-order valence-corrected chi connectivity index (χ3v) is 5.03. The third kappa shape index (κ3) is 6.87. The van der Waals surface area contributed by atoms with Crippen molar-refractivity contribution in [1.29, 1.82) is 0 Å². The second-order valence-electron chi connectivity index (χ2n) is 8.08. The number of carbonyl (C=O) groups is 1. The van der Waals surface area contributed by atoms with Crippen LogP contribution in [0.2, 0.25) is 0 Å². The topological polar surface area (TPSA) is 130 Å². The minimum atomic E-state index is -0.0415. The smallest absolute Gasteiger partial charge is 0.253 e. The Kier molecular flexibility index (Phi) is 8.53. The molecule has 2 aromatic carbocycles. The van der Waals surface area contributed by atoms with Crippen molar-refractivity contribution in [2.45, 2.75) is 20.3 Å². The molecule has 2 aromatic heterocycles. The molecular weight excluding hydrogens is 444 g/mol. The highest BCUT2D eigenvalue weighted by molar-refractivity contribution is 5.95. The number of rotatable bonds is 6. The van der Waals surface area contributed by atoms with E-state index in [1.54, 1.807) is 50.4 Å². The minimum absolute atomic E-state index is 0.0415. The van der Waals surface area contributed by atoms with Gasteiger partial charge in [0.1, 0.15) is 11.6 Å². The number of aliphatic hydroxyl groups excluding tert-OH is 1. The van der Waals surface area contributed by atoms with Gasteiger partial charge < -0.3 is 25.5 Å². The first-order chi connectivity index (χ1) is 16.8. The zero-order chi connectivity index (χ0) is 25.4. The summed E-state index contributed by atoms with van der Waals surface area (Å²) in [6.07, 6.45) is 3.94. The SMILES string of the molecule is Cc1cnc(-c2cnc(Nc3ccc(C(=O)N(C)C)c(C)c3)nc2N)o1.OCCc1ccccc1. The molecule has 0 aliphatic heterocycles. The van der Waals surface area contributed by atoms with Crippen LogP contribution in [0.15, 0.2) is 65.3 Å². The number of nitrogens with zero attached hydrogens (tertiary/aromatic N) is 4. The maximum absolute atomic E-state index is 12.1. The Labute approximate surface area is 204 Å². The van der Waals surface area contributed by atoms with Gasteiger partial charge in [0.25, 0.3) is 5.91 Å². The number of anilines is 3. The summed E-state index contributed by atoms with van der Waals surface area (Å²) in [6.45, 7) is 3.92. The monoisotopic (exact) mass is 474 g/mol. The van der Waals surface area contributed by atoms with Crippen LogP contribution in [0, 0.1) is 13.8 Å². The summed E-state index contributed by atoms with van der Waals surface area (Å²) in [5, 5.41) is 11.6. The van der Waals surface area contributed by atoms with Crippen LogP contribution in [0.4, 0.5) is 17.5 Å². The van der Waals surface area contributed by atoms with Crippen molar-refractivity contribution in [2.24, 2.45) is 0 Å². The van der Waals surface area contributed by atoms with E-state index in [1.807, 2.05) is 43.3 Å². The molecule has 182 valence electrons. The standard InChI is InChI=1S/C18H20N6O2.C8H10O/c1-10-7-12(5-6-13(10)17(25)24(3)4)22-18-21-9-14(15(19)23-18)16-20-8-11(2)26-16;9-7-6-8-4-2-1-3-5-8/h5-9H,1-4H3,(H3,19,21,22,23);1-5,9H,6-7H2. The van der Waals surface area contributed by atoms with Crippen molar-refractivity contribution < 1.29 is 14.3 Å². The molecule has 0 unspecified atom stereocenters. The van der Waals surface area contributed by atoms with E-state index >= 15 is 0 Å². The first-order valence-corrected chi connectivity index (χ1v) is 11.1. The molecular formula is C26H30N6O3. The average molecular weight is 475 g/mol. The van der Waals surface area contributed by atoms with Crippen molar-refractivity contribution >= 4 is 23.4 Å². The molecule has 1 amide bonds. The van der Waals surface area contributed by atoms with E-state index < -0.39 is 0 Å². The fraction of sp³-hybridized carbons (Fsp3) is 0.231.